The highest BCUT2D eigenvalue weighted by molar-refractivity contribution is 7.09. The maximum atomic E-state index is 12.0. The van der Waals surface area contributed by atoms with Gasteiger partial charge in [-0.2, -0.15) is 0 Å². The zero-order valence-electron chi connectivity index (χ0n) is 14.6. The molecule has 2 N–H and O–H groups in total. The van der Waals surface area contributed by atoms with Gasteiger partial charge < -0.3 is 15.2 Å². The third-order valence-corrected chi connectivity index (χ3v) is 4.89. The summed E-state index contributed by atoms with van der Waals surface area (Å²) in [5.41, 5.74) is -0.195. The van der Waals surface area contributed by atoms with Crippen LogP contribution in [0.1, 0.15) is 31.0 Å². The minimum atomic E-state index is -0.878. The lowest BCUT2D eigenvalue weighted by atomic mass is 9.90. The van der Waals surface area contributed by atoms with E-state index in [1.54, 1.807) is 38.1 Å². The fourth-order valence-corrected chi connectivity index (χ4v) is 2.85. The Bertz CT molecular complexity index is 759. The lowest BCUT2D eigenvalue weighted by Gasteiger charge is -2.18. The summed E-state index contributed by atoms with van der Waals surface area (Å²) in [6, 6.07) is 7.06. The van der Waals surface area contributed by atoms with Crippen LogP contribution in [0.15, 0.2) is 29.6 Å². The van der Waals surface area contributed by atoms with Crippen molar-refractivity contribution in [1.29, 1.82) is 0 Å². The molecule has 2 rings (SSSR count). The van der Waals surface area contributed by atoms with Crippen LogP contribution in [-0.4, -0.2) is 28.5 Å². The number of carboxylic acids is 1. The molecule has 26 heavy (non-hydrogen) atoms. The van der Waals surface area contributed by atoms with E-state index in [4.69, 9.17) is 21.4 Å². The normalized spacial score (nSPS) is 11.2. The highest BCUT2D eigenvalue weighted by Crippen LogP contribution is 2.20. The molecule has 0 saturated carbocycles. The maximum absolute atomic E-state index is 12.0. The zero-order chi connectivity index (χ0) is 19.2. The Labute approximate surface area is 161 Å². The summed E-state index contributed by atoms with van der Waals surface area (Å²) in [4.78, 5) is 27.4. The number of ether oxygens (including phenoxy) is 1. The smallest absolute Gasteiger partial charge is 0.309 e. The predicted octanol–water partition coefficient (Wildman–Crippen LogP) is 3.54. The average Bonchev–Trinajstić information content (AvgIpc) is 3.01. The Hall–Kier alpha value is -2.12. The van der Waals surface area contributed by atoms with Gasteiger partial charge in [0.05, 0.1) is 17.5 Å². The molecule has 1 heterocycles. The van der Waals surface area contributed by atoms with Crippen LogP contribution < -0.4 is 10.1 Å². The molecule has 6 nitrogen and oxygen atoms in total. The van der Waals surface area contributed by atoms with E-state index in [0.29, 0.717) is 36.0 Å². The Balaban J connectivity index is 1.75. The van der Waals surface area contributed by atoms with Crippen LogP contribution in [0, 0.1) is 5.41 Å². The number of amides is 1. The monoisotopic (exact) mass is 396 g/mol. The third kappa shape index (κ3) is 6.31. The van der Waals surface area contributed by atoms with E-state index in [1.807, 2.05) is 5.38 Å². The Morgan fingerprint density at radius 1 is 1.31 bits per heavy atom. The molecular formula is C18H21ClN2O4S. The number of aliphatic carboxylic acids is 1. The quantitative estimate of drug-likeness (QED) is 0.676. The molecule has 0 aliphatic rings. The van der Waals surface area contributed by atoms with Crippen molar-refractivity contribution in [2.45, 2.75) is 33.3 Å². The van der Waals surface area contributed by atoms with Gasteiger partial charge in [-0.1, -0.05) is 11.6 Å². The van der Waals surface area contributed by atoms with Gasteiger partial charge in [-0.3, -0.25) is 9.59 Å². The summed E-state index contributed by atoms with van der Waals surface area (Å²) in [5.74, 6) is -0.358. The largest absolute Gasteiger partial charge is 0.486 e. The Kier molecular flexibility index (Phi) is 6.99. The van der Waals surface area contributed by atoms with E-state index in [9.17, 15) is 9.59 Å². The van der Waals surface area contributed by atoms with Gasteiger partial charge in [-0.05, 0) is 44.5 Å². The highest BCUT2D eigenvalue weighted by atomic mass is 35.5. The number of benzene rings is 1. The van der Waals surface area contributed by atoms with Crippen LogP contribution in [0.25, 0.3) is 0 Å². The molecule has 0 atom stereocenters. The predicted molar refractivity (Wildman–Crippen MR) is 101 cm³/mol. The van der Waals surface area contributed by atoms with Crippen LogP contribution in [0.3, 0.4) is 0 Å². The lowest BCUT2D eigenvalue weighted by molar-refractivity contribution is -0.147. The van der Waals surface area contributed by atoms with E-state index < -0.39 is 11.4 Å². The van der Waals surface area contributed by atoms with Crippen molar-refractivity contribution in [1.82, 2.24) is 10.3 Å². The number of carboxylic acid groups (broad SMARTS) is 1. The second-order valence-electron chi connectivity index (χ2n) is 6.44. The molecule has 1 aromatic carbocycles. The molecule has 0 unspecified atom stereocenters. The average molecular weight is 397 g/mol. The van der Waals surface area contributed by atoms with Crippen molar-refractivity contribution >= 4 is 34.8 Å². The van der Waals surface area contributed by atoms with Crippen molar-refractivity contribution in [3.05, 3.63) is 45.4 Å². The number of nitrogens with one attached hydrogen (secondary N) is 1. The second kappa shape index (κ2) is 9.00. The number of thiazole rings is 1. The van der Waals surface area contributed by atoms with Crippen molar-refractivity contribution in [2.24, 2.45) is 5.41 Å². The number of hydrogen-bond donors (Lipinski definition) is 2. The standard InChI is InChI=1S/C18H21ClN2O4S/c1-18(2,17(23)24)7-8-20-15(22)9-13-11-26-16(21-13)10-25-14-5-3-12(19)4-6-14/h3-6,11H,7-10H2,1-2H3,(H,20,22)(H,23,24). The summed E-state index contributed by atoms with van der Waals surface area (Å²) in [7, 11) is 0. The van der Waals surface area contributed by atoms with Gasteiger partial charge in [0, 0.05) is 16.9 Å². The van der Waals surface area contributed by atoms with Crippen LogP contribution in [0.2, 0.25) is 5.02 Å². The molecule has 0 fully saturated rings. The van der Waals surface area contributed by atoms with Gasteiger partial charge in [-0.25, -0.2) is 4.98 Å². The van der Waals surface area contributed by atoms with Crippen molar-refractivity contribution < 1.29 is 19.4 Å². The van der Waals surface area contributed by atoms with Crippen molar-refractivity contribution in [2.75, 3.05) is 6.54 Å². The van der Waals surface area contributed by atoms with Gasteiger partial charge in [0.1, 0.15) is 17.4 Å². The molecule has 0 aliphatic carbocycles. The van der Waals surface area contributed by atoms with Gasteiger partial charge >= 0.3 is 5.97 Å². The molecule has 0 saturated heterocycles. The Morgan fingerprint density at radius 3 is 2.65 bits per heavy atom. The molecule has 1 amide bonds. The molecule has 0 spiro atoms. The first kappa shape index (κ1) is 20.2. The van der Waals surface area contributed by atoms with Gasteiger partial charge in [-0.15, -0.1) is 11.3 Å². The number of hydrogen-bond acceptors (Lipinski definition) is 5. The van der Waals surface area contributed by atoms with Gasteiger partial charge in [0.25, 0.3) is 0 Å². The number of carbonyl (C=O) groups excluding carboxylic acids is 1. The van der Waals surface area contributed by atoms with E-state index in [-0.39, 0.29) is 12.3 Å². The van der Waals surface area contributed by atoms with Gasteiger partial charge in [0.2, 0.25) is 5.91 Å². The molecule has 0 radical (unpaired) electrons. The zero-order valence-corrected chi connectivity index (χ0v) is 16.2. The summed E-state index contributed by atoms with van der Waals surface area (Å²) in [6.07, 6.45) is 0.524. The van der Waals surface area contributed by atoms with Crippen LogP contribution in [-0.2, 0) is 22.6 Å². The van der Waals surface area contributed by atoms with Crippen molar-refractivity contribution in [3.63, 3.8) is 0 Å². The maximum Gasteiger partial charge on any atom is 0.309 e. The third-order valence-electron chi connectivity index (χ3n) is 3.77. The first-order valence-electron chi connectivity index (χ1n) is 8.08. The fraction of sp³-hybridized carbons (Fsp3) is 0.389. The first-order chi connectivity index (χ1) is 12.3. The molecule has 2 aromatic rings. The van der Waals surface area contributed by atoms with E-state index in [2.05, 4.69) is 10.3 Å². The molecule has 8 heteroatoms. The molecule has 1 aromatic heterocycles. The topological polar surface area (TPSA) is 88.5 Å². The Morgan fingerprint density at radius 2 is 2.00 bits per heavy atom. The van der Waals surface area contributed by atoms with E-state index >= 15 is 0 Å². The first-order valence-corrected chi connectivity index (χ1v) is 9.34. The lowest BCUT2D eigenvalue weighted by Crippen LogP contribution is -2.32. The summed E-state index contributed by atoms with van der Waals surface area (Å²) < 4.78 is 5.62. The molecule has 0 bridgehead atoms. The van der Waals surface area contributed by atoms with E-state index in [0.717, 1.165) is 5.01 Å². The number of aromatic nitrogens is 1. The minimum absolute atomic E-state index is 0.158. The number of nitrogens with zero attached hydrogens (tertiary/aromatic N) is 1. The van der Waals surface area contributed by atoms with Crippen LogP contribution in [0.4, 0.5) is 0 Å². The molecular weight excluding hydrogens is 376 g/mol. The molecule has 140 valence electrons. The number of rotatable bonds is 9. The second-order valence-corrected chi connectivity index (χ2v) is 7.82. The highest BCUT2D eigenvalue weighted by Gasteiger charge is 2.26. The SMILES string of the molecule is CC(C)(CCNC(=O)Cc1csc(COc2ccc(Cl)cc2)n1)C(=O)O. The number of halogens is 1. The van der Waals surface area contributed by atoms with Crippen molar-refractivity contribution in [3.8, 4) is 5.75 Å². The van der Waals surface area contributed by atoms with E-state index in [1.165, 1.54) is 11.3 Å². The summed E-state index contributed by atoms with van der Waals surface area (Å²) >= 11 is 7.25. The van der Waals surface area contributed by atoms with Crippen LogP contribution in [0.5, 0.6) is 5.75 Å². The van der Waals surface area contributed by atoms with Crippen LogP contribution >= 0.6 is 22.9 Å². The minimum Gasteiger partial charge on any atom is -0.486 e. The summed E-state index contributed by atoms with van der Waals surface area (Å²) in [6.45, 7) is 3.90. The van der Waals surface area contributed by atoms with Gasteiger partial charge in [0.15, 0.2) is 0 Å². The molecule has 0 aliphatic heterocycles. The fourth-order valence-electron chi connectivity index (χ4n) is 2.02. The number of carbonyl (C=O) groups is 2. The summed E-state index contributed by atoms with van der Waals surface area (Å²) in [5, 5.41) is 15.0.